The summed E-state index contributed by atoms with van der Waals surface area (Å²) in [7, 11) is 0. The van der Waals surface area contributed by atoms with E-state index in [1.807, 2.05) is 0 Å². The zero-order valence-corrected chi connectivity index (χ0v) is 10.7. The van der Waals surface area contributed by atoms with Gasteiger partial charge in [-0.05, 0) is 37.3 Å². The number of rotatable bonds is 1. The van der Waals surface area contributed by atoms with Crippen LogP contribution in [0, 0.1) is 0 Å². The Morgan fingerprint density at radius 3 is 3.06 bits per heavy atom. The summed E-state index contributed by atoms with van der Waals surface area (Å²) < 4.78 is 6.15. The van der Waals surface area contributed by atoms with Crippen molar-refractivity contribution in [1.29, 1.82) is 0 Å². The number of nitrogens with one attached hydrogen (secondary N) is 1. The molecule has 3 rings (SSSR count). The number of aryl methyl sites for hydroxylation is 1. The van der Waals surface area contributed by atoms with Crippen LogP contribution in [0.3, 0.4) is 0 Å². The van der Waals surface area contributed by atoms with Gasteiger partial charge in [0.05, 0.1) is 12.7 Å². The second-order valence-corrected chi connectivity index (χ2v) is 5.63. The molecular formula is C15H21NO. The molecule has 3 atom stereocenters. The summed E-state index contributed by atoms with van der Waals surface area (Å²) in [5, 5.41) is 3.80. The van der Waals surface area contributed by atoms with Crippen LogP contribution in [0.1, 0.15) is 43.9 Å². The predicted molar refractivity (Wildman–Crippen MR) is 69.1 cm³/mol. The molecule has 0 bridgehead atoms. The van der Waals surface area contributed by atoms with Crippen molar-refractivity contribution in [3.63, 3.8) is 0 Å². The fourth-order valence-corrected chi connectivity index (χ4v) is 3.04. The molecule has 0 aromatic heterocycles. The Kier molecular flexibility index (Phi) is 2.72. The molecular weight excluding hydrogens is 210 g/mol. The maximum atomic E-state index is 6.15. The molecule has 1 fully saturated rings. The molecule has 92 valence electrons. The van der Waals surface area contributed by atoms with E-state index in [0.717, 1.165) is 13.0 Å². The van der Waals surface area contributed by atoms with Crippen LogP contribution in [0.5, 0.6) is 0 Å². The van der Waals surface area contributed by atoms with Gasteiger partial charge in [-0.2, -0.15) is 0 Å². The van der Waals surface area contributed by atoms with Crippen LogP contribution in [0.15, 0.2) is 24.3 Å². The van der Waals surface area contributed by atoms with E-state index in [0.29, 0.717) is 6.04 Å². The summed E-state index contributed by atoms with van der Waals surface area (Å²) in [6, 6.07) is 9.21. The van der Waals surface area contributed by atoms with E-state index in [-0.39, 0.29) is 11.6 Å². The van der Waals surface area contributed by atoms with Gasteiger partial charge in [-0.3, -0.25) is 0 Å². The van der Waals surface area contributed by atoms with E-state index in [1.165, 1.54) is 24.0 Å². The normalized spacial score (nSPS) is 36.1. The highest BCUT2D eigenvalue weighted by Gasteiger charge is 2.39. The van der Waals surface area contributed by atoms with Gasteiger partial charge in [-0.15, -0.1) is 0 Å². The van der Waals surface area contributed by atoms with Crippen LogP contribution in [0.25, 0.3) is 0 Å². The summed E-state index contributed by atoms with van der Waals surface area (Å²) >= 11 is 0. The van der Waals surface area contributed by atoms with E-state index >= 15 is 0 Å². The first-order valence-electron chi connectivity index (χ1n) is 6.69. The van der Waals surface area contributed by atoms with Crippen LogP contribution in [0.4, 0.5) is 0 Å². The third-order valence-corrected chi connectivity index (χ3v) is 4.35. The Bertz CT molecular complexity index is 417. The monoisotopic (exact) mass is 231 g/mol. The first-order valence-corrected chi connectivity index (χ1v) is 6.69. The molecule has 1 saturated heterocycles. The minimum Gasteiger partial charge on any atom is -0.370 e. The largest absolute Gasteiger partial charge is 0.370 e. The number of hydrogen-bond donors (Lipinski definition) is 1. The van der Waals surface area contributed by atoms with Crippen LogP contribution in [-0.2, 0) is 11.2 Å². The zero-order valence-electron chi connectivity index (χ0n) is 10.7. The number of morpholine rings is 1. The number of hydrogen-bond acceptors (Lipinski definition) is 2. The van der Waals surface area contributed by atoms with Gasteiger partial charge in [0.15, 0.2) is 0 Å². The lowest BCUT2D eigenvalue weighted by atomic mass is 9.82. The lowest BCUT2D eigenvalue weighted by Gasteiger charge is -2.46. The lowest BCUT2D eigenvalue weighted by Crippen LogP contribution is -2.58. The molecule has 1 aromatic rings. The number of ether oxygens (including phenoxy) is 1. The average Bonchev–Trinajstić information content (AvgIpc) is 2.38. The molecule has 17 heavy (non-hydrogen) atoms. The summed E-state index contributed by atoms with van der Waals surface area (Å²) in [6.45, 7) is 5.32. The molecule has 2 heteroatoms. The van der Waals surface area contributed by atoms with Crippen molar-refractivity contribution in [2.75, 3.05) is 6.61 Å². The van der Waals surface area contributed by atoms with Gasteiger partial charge in [-0.1, -0.05) is 31.2 Å². The average molecular weight is 231 g/mol. The van der Waals surface area contributed by atoms with Gasteiger partial charge in [0, 0.05) is 11.6 Å². The van der Waals surface area contributed by atoms with Crippen molar-refractivity contribution in [2.24, 2.45) is 0 Å². The SMILES string of the molecule is CCC1(C)COC2c3ccccc3CCC2N1. The maximum Gasteiger partial charge on any atom is 0.0981 e. The number of benzene rings is 1. The van der Waals surface area contributed by atoms with Crippen molar-refractivity contribution >= 4 is 0 Å². The molecule has 1 heterocycles. The molecule has 3 unspecified atom stereocenters. The lowest BCUT2D eigenvalue weighted by molar-refractivity contribution is -0.0666. The minimum atomic E-state index is 0.160. The van der Waals surface area contributed by atoms with E-state index in [9.17, 15) is 0 Å². The summed E-state index contributed by atoms with van der Waals surface area (Å²) in [5.41, 5.74) is 3.03. The quantitative estimate of drug-likeness (QED) is 0.802. The van der Waals surface area contributed by atoms with Crippen LogP contribution < -0.4 is 5.32 Å². The van der Waals surface area contributed by atoms with Gasteiger partial charge >= 0.3 is 0 Å². The summed E-state index contributed by atoms with van der Waals surface area (Å²) in [4.78, 5) is 0. The Morgan fingerprint density at radius 2 is 2.24 bits per heavy atom. The third kappa shape index (κ3) is 1.90. The molecule has 1 aromatic carbocycles. The second kappa shape index (κ2) is 4.11. The van der Waals surface area contributed by atoms with Gasteiger partial charge in [0.2, 0.25) is 0 Å². The van der Waals surface area contributed by atoms with Gasteiger partial charge in [0.25, 0.3) is 0 Å². The molecule has 2 nitrogen and oxygen atoms in total. The van der Waals surface area contributed by atoms with Crippen molar-refractivity contribution in [3.8, 4) is 0 Å². The van der Waals surface area contributed by atoms with E-state index in [1.54, 1.807) is 0 Å². The van der Waals surface area contributed by atoms with Crippen LogP contribution >= 0.6 is 0 Å². The van der Waals surface area contributed by atoms with Gasteiger partial charge < -0.3 is 10.1 Å². The Morgan fingerprint density at radius 1 is 1.41 bits per heavy atom. The van der Waals surface area contributed by atoms with Gasteiger partial charge in [0.1, 0.15) is 0 Å². The molecule has 0 amide bonds. The molecule has 1 aliphatic carbocycles. The first-order chi connectivity index (χ1) is 8.22. The van der Waals surface area contributed by atoms with E-state index in [4.69, 9.17) is 4.74 Å². The highest BCUT2D eigenvalue weighted by molar-refractivity contribution is 5.33. The van der Waals surface area contributed by atoms with Crippen molar-refractivity contribution in [2.45, 2.75) is 50.8 Å². The topological polar surface area (TPSA) is 21.3 Å². The Labute approximate surface area is 103 Å². The Balaban J connectivity index is 1.88. The van der Waals surface area contributed by atoms with Crippen molar-refractivity contribution in [1.82, 2.24) is 5.32 Å². The fourth-order valence-electron chi connectivity index (χ4n) is 3.04. The van der Waals surface area contributed by atoms with E-state index < -0.39 is 0 Å². The maximum absolute atomic E-state index is 6.15. The fraction of sp³-hybridized carbons (Fsp3) is 0.600. The van der Waals surface area contributed by atoms with Gasteiger partial charge in [-0.25, -0.2) is 0 Å². The summed E-state index contributed by atoms with van der Waals surface area (Å²) in [6.07, 6.45) is 3.75. The van der Waals surface area contributed by atoms with Crippen LogP contribution in [-0.4, -0.2) is 18.2 Å². The van der Waals surface area contributed by atoms with Crippen molar-refractivity contribution < 1.29 is 4.74 Å². The van der Waals surface area contributed by atoms with E-state index in [2.05, 4.69) is 43.4 Å². The highest BCUT2D eigenvalue weighted by Crippen LogP contribution is 2.37. The van der Waals surface area contributed by atoms with Crippen LogP contribution in [0.2, 0.25) is 0 Å². The Hall–Kier alpha value is -0.860. The highest BCUT2D eigenvalue weighted by atomic mass is 16.5. The smallest absolute Gasteiger partial charge is 0.0981 e. The third-order valence-electron chi connectivity index (χ3n) is 4.35. The molecule has 0 saturated carbocycles. The second-order valence-electron chi connectivity index (χ2n) is 5.63. The number of fused-ring (bicyclic) bond motifs is 3. The zero-order chi connectivity index (χ0) is 11.9. The standard InChI is InChI=1S/C15H21NO/c1-3-15(2)10-17-14-12-7-5-4-6-11(12)8-9-13(14)16-15/h4-7,13-14,16H,3,8-10H2,1-2H3. The molecule has 1 N–H and O–H groups in total. The first kappa shape index (κ1) is 11.2. The summed E-state index contributed by atoms with van der Waals surface area (Å²) in [5.74, 6) is 0. The predicted octanol–water partition coefficient (Wildman–Crippen LogP) is 2.83. The molecule has 2 aliphatic rings. The molecule has 0 radical (unpaired) electrons. The molecule has 0 spiro atoms. The van der Waals surface area contributed by atoms with Crippen molar-refractivity contribution in [3.05, 3.63) is 35.4 Å². The minimum absolute atomic E-state index is 0.160. The molecule has 1 aliphatic heterocycles.